The average Bonchev–Trinajstić information content (AvgIpc) is 2.61. The van der Waals surface area contributed by atoms with Crippen molar-refractivity contribution in [2.24, 2.45) is 5.73 Å². The molecule has 1 aromatic rings. The van der Waals surface area contributed by atoms with Gasteiger partial charge < -0.3 is 10.3 Å². The summed E-state index contributed by atoms with van der Waals surface area (Å²) in [4.78, 5) is 4.31. The Hall–Kier alpha value is -1.09. The van der Waals surface area contributed by atoms with E-state index in [1.807, 2.05) is 12.4 Å². The summed E-state index contributed by atoms with van der Waals surface area (Å²) in [6, 6.07) is 0. The molecule has 1 heterocycles. The molecule has 0 aliphatic heterocycles. The molecule has 78 valence electrons. The number of rotatable bonds is 6. The van der Waals surface area contributed by atoms with Crippen molar-refractivity contribution < 1.29 is 0 Å². The molecule has 3 nitrogen and oxygen atoms in total. The maximum atomic E-state index is 5.39. The minimum atomic E-state index is 0.722. The van der Waals surface area contributed by atoms with Crippen molar-refractivity contribution in [3.05, 3.63) is 30.4 Å². The lowest BCUT2D eigenvalue weighted by Crippen LogP contribution is -2.01. The highest BCUT2D eigenvalue weighted by atomic mass is 15.1. The molecule has 0 aliphatic rings. The summed E-state index contributed by atoms with van der Waals surface area (Å²) in [7, 11) is 0. The quantitative estimate of drug-likeness (QED) is 0.699. The standard InChI is InChI=1S/C11H19N3/c1-2-9-14-10-8-13-11(14)6-4-3-5-7-12/h3-4,8,10H,2,5-7,9,12H2,1H3. The van der Waals surface area contributed by atoms with E-state index in [1.54, 1.807) is 0 Å². The summed E-state index contributed by atoms with van der Waals surface area (Å²) in [5.74, 6) is 1.14. The number of hydrogen-bond donors (Lipinski definition) is 1. The van der Waals surface area contributed by atoms with Crippen LogP contribution in [0.4, 0.5) is 0 Å². The van der Waals surface area contributed by atoms with E-state index in [9.17, 15) is 0 Å². The van der Waals surface area contributed by atoms with Crippen LogP contribution in [0.1, 0.15) is 25.6 Å². The van der Waals surface area contributed by atoms with Crippen LogP contribution < -0.4 is 5.73 Å². The second kappa shape index (κ2) is 6.38. The lowest BCUT2D eigenvalue weighted by atomic mass is 10.3. The summed E-state index contributed by atoms with van der Waals surface area (Å²) in [6.07, 6.45) is 11.2. The van der Waals surface area contributed by atoms with E-state index >= 15 is 0 Å². The first-order valence-electron chi connectivity index (χ1n) is 5.23. The molecule has 2 N–H and O–H groups in total. The van der Waals surface area contributed by atoms with Crippen molar-refractivity contribution >= 4 is 0 Å². The molecule has 14 heavy (non-hydrogen) atoms. The van der Waals surface area contributed by atoms with Gasteiger partial charge in [0.1, 0.15) is 5.82 Å². The zero-order valence-corrected chi connectivity index (χ0v) is 8.82. The maximum Gasteiger partial charge on any atom is 0.112 e. The second-order valence-corrected chi connectivity index (χ2v) is 3.29. The van der Waals surface area contributed by atoms with Gasteiger partial charge in [-0.15, -0.1) is 0 Å². The van der Waals surface area contributed by atoms with Crippen LogP contribution in [0.25, 0.3) is 0 Å². The van der Waals surface area contributed by atoms with Gasteiger partial charge in [0.2, 0.25) is 0 Å². The Balaban J connectivity index is 2.45. The molecule has 0 aromatic carbocycles. The zero-order valence-electron chi connectivity index (χ0n) is 8.82. The van der Waals surface area contributed by atoms with Crippen LogP contribution in [-0.2, 0) is 13.0 Å². The minimum absolute atomic E-state index is 0.722. The Morgan fingerprint density at radius 1 is 1.50 bits per heavy atom. The number of imidazole rings is 1. The summed E-state index contributed by atoms with van der Waals surface area (Å²) < 4.78 is 2.20. The lowest BCUT2D eigenvalue weighted by molar-refractivity contribution is 0.648. The van der Waals surface area contributed by atoms with Gasteiger partial charge in [-0.3, -0.25) is 0 Å². The second-order valence-electron chi connectivity index (χ2n) is 3.29. The van der Waals surface area contributed by atoms with Gasteiger partial charge in [-0.1, -0.05) is 19.1 Å². The van der Waals surface area contributed by atoms with Gasteiger partial charge in [0.25, 0.3) is 0 Å². The molecule has 0 spiro atoms. The van der Waals surface area contributed by atoms with E-state index in [0.717, 1.165) is 38.2 Å². The maximum absolute atomic E-state index is 5.39. The topological polar surface area (TPSA) is 43.8 Å². The van der Waals surface area contributed by atoms with E-state index < -0.39 is 0 Å². The van der Waals surface area contributed by atoms with E-state index in [2.05, 4.69) is 28.6 Å². The van der Waals surface area contributed by atoms with Crippen molar-refractivity contribution in [3.63, 3.8) is 0 Å². The number of allylic oxidation sites excluding steroid dienone is 1. The molecule has 0 saturated carbocycles. The molecule has 1 rings (SSSR count). The fourth-order valence-electron chi connectivity index (χ4n) is 1.38. The first-order chi connectivity index (χ1) is 6.88. The predicted octanol–water partition coefficient (Wildman–Crippen LogP) is 1.74. The highest BCUT2D eigenvalue weighted by molar-refractivity contribution is 4.99. The molecule has 3 heteroatoms. The Morgan fingerprint density at radius 3 is 3.07 bits per heavy atom. The van der Waals surface area contributed by atoms with Gasteiger partial charge in [-0.05, 0) is 19.4 Å². The number of hydrogen-bond acceptors (Lipinski definition) is 2. The van der Waals surface area contributed by atoms with E-state index in [4.69, 9.17) is 5.73 Å². The Morgan fingerprint density at radius 2 is 2.36 bits per heavy atom. The SMILES string of the molecule is CCCn1ccnc1CC=CCCN. The van der Waals surface area contributed by atoms with Crippen LogP contribution in [0.3, 0.4) is 0 Å². The molecule has 0 saturated heterocycles. The average molecular weight is 193 g/mol. The summed E-state index contributed by atoms with van der Waals surface area (Å²) in [5, 5.41) is 0. The fourth-order valence-corrected chi connectivity index (χ4v) is 1.38. The van der Waals surface area contributed by atoms with E-state index in [-0.39, 0.29) is 0 Å². The lowest BCUT2D eigenvalue weighted by Gasteiger charge is -2.03. The number of aromatic nitrogens is 2. The van der Waals surface area contributed by atoms with Crippen molar-refractivity contribution in [2.45, 2.75) is 32.7 Å². The van der Waals surface area contributed by atoms with Crippen LogP contribution >= 0.6 is 0 Å². The van der Waals surface area contributed by atoms with Crippen molar-refractivity contribution in [3.8, 4) is 0 Å². The van der Waals surface area contributed by atoms with Crippen molar-refractivity contribution in [1.82, 2.24) is 9.55 Å². The normalized spacial score (nSPS) is 11.3. The van der Waals surface area contributed by atoms with E-state index in [1.165, 1.54) is 0 Å². The van der Waals surface area contributed by atoms with Gasteiger partial charge >= 0.3 is 0 Å². The fraction of sp³-hybridized carbons (Fsp3) is 0.545. The monoisotopic (exact) mass is 193 g/mol. The molecule has 0 atom stereocenters. The molecule has 0 fully saturated rings. The molecular formula is C11H19N3. The summed E-state index contributed by atoms with van der Waals surface area (Å²) >= 11 is 0. The highest BCUT2D eigenvalue weighted by Crippen LogP contribution is 2.01. The van der Waals surface area contributed by atoms with Gasteiger partial charge in [0.05, 0.1) is 0 Å². The number of nitrogens with zero attached hydrogens (tertiary/aromatic N) is 2. The van der Waals surface area contributed by atoms with Crippen molar-refractivity contribution in [2.75, 3.05) is 6.54 Å². The minimum Gasteiger partial charge on any atom is -0.335 e. The number of nitrogens with two attached hydrogens (primary N) is 1. The van der Waals surface area contributed by atoms with Gasteiger partial charge in [-0.25, -0.2) is 4.98 Å². The predicted molar refractivity (Wildman–Crippen MR) is 59.0 cm³/mol. The smallest absolute Gasteiger partial charge is 0.112 e. The Labute approximate surface area is 85.6 Å². The Bertz CT molecular complexity index is 276. The molecular weight excluding hydrogens is 174 g/mol. The third-order valence-electron chi connectivity index (χ3n) is 2.07. The zero-order chi connectivity index (χ0) is 10.2. The third-order valence-corrected chi connectivity index (χ3v) is 2.07. The van der Waals surface area contributed by atoms with Gasteiger partial charge in [-0.2, -0.15) is 0 Å². The van der Waals surface area contributed by atoms with E-state index in [0.29, 0.717) is 0 Å². The molecule has 0 amide bonds. The first kappa shape index (κ1) is 11.0. The molecule has 0 unspecified atom stereocenters. The van der Waals surface area contributed by atoms with Crippen LogP contribution in [0.15, 0.2) is 24.5 Å². The van der Waals surface area contributed by atoms with Crippen LogP contribution in [-0.4, -0.2) is 16.1 Å². The van der Waals surface area contributed by atoms with Crippen LogP contribution in [0.5, 0.6) is 0 Å². The summed E-state index contributed by atoms with van der Waals surface area (Å²) in [6.45, 7) is 3.95. The number of aryl methyl sites for hydroxylation is 1. The third kappa shape index (κ3) is 3.34. The Kier molecular flexibility index (Phi) is 5.00. The molecule has 0 aliphatic carbocycles. The van der Waals surface area contributed by atoms with Gasteiger partial charge in [0, 0.05) is 25.4 Å². The first-order valence-corrected chi connectivity index (χ1v) is 5.23. The van der Waals surface area contributed by atoms with Gasteiger partial charge in [0.15, 0.2) is 0 Å². The summed E-state index contributed by atoms with van der Waals surface area (Å²) in [5.41, 5.74) is 5.39. The van der Waals surface area contributed by atoms with Crippen LogP contribution in [0, 0.1) is 0 Å². The highest BCUT2D eigenvalue weighted by Gasteiger charge is 1.98. The molecule has 1 aromatic heterocycles. The molecule has 0 bridgehead atoms. The van der Waals surface area contributed by atoms with Crippen molar-refractivity contribution in [1.29, 1.82) is 0 Å². The molecule has 0 radical (unpaired) electrons. The largest absolute Gasteiger partial charge is 0.335 e. The van der Waals surface area contributed by atoms with Crippen LogP contribution in [0.2, 0.25) is 0 Å².